The highest BCUT2D eigenvalue weighted by Crippen LogP contribution is 2.18. The van der Waals surface area contributed by atoms with Crippen molar-refractivity contribution in [3.63, 3.8) is 0 Å². The summed E-state index contributed by atoms with van der Waals surface area (Å²) in [5.74, 6) is 0.0449. The van der Waals surface area contributed by atoms with E-state index in [1.54, 1.807) is 12.1 Å². The number of thiocarbonyl (C=S) groups is 1. The summed E-state index contributed by atoms with van der Waals surface area (Å²) >= 11 is 4.88. The maximum Gasteiger partial charge on any atom is 0.132 e. The molecule has 2 nitrogen and oxygen atoms in total. The molecule has 1 heterocycles. The summed E-state index contributed by atoms with van der Waals surface area (Å²) in [7, 11) is 0. The molecule has 0 spiro atoms. The Morgan fingerprint density at radius 3 is 3.00 bits per heavy atom. The molecule has 0 amide bonds. The molecule has 1 aromatic carbocycles. The lowest BCUT2D eigenvalue weighted by Gasteiger charge is -2.14. The predicted molar refractivity (Wildman–Crippen MR) is 53.4 cm³/mol. The molecule has 0 unspecified atom stereocenters. The number of benzene rings is 1. The van der Waals surface area contributed by atoms with E-state index in [-0.39, 0.29) is 5.82 Å². The second-order valence-electron chi connectivity index (χ2n) is 2.83. The Kier molecular flexibility index (Phi) is 1.84. The molecule has 2 rings (SSSR count). The zero-order valence-corrected chi connectivity index (χ0v) is 7.57. The van der Waals surface area contributed by atoms with Crippen LogP contribution >= 0.6 is 12.2 Å². The Morgan fingerprint density at radius 1 is 1.46 bits per heavy atom. The minimum Gasteiger partial charge on any atom is -0.383 e. The molecule has 2 N–H and O–H groups in total. The monoisotopic (exact) mass is 194 g/mol. The summed E-state index contributed by atoms with van der Waals surface area (Å²) in [6.07, 6.45) is 0.373. The van der Waals surface area contributed by atoms with Crippen molar-refractivity contribution < 1.29 is 4.39 Å². The molecular formula is C9H7FN2S. The van der Waals surface area contributed by atoms with E-state index in [9.17, 15) is 4.39 Å². The van der Waals surface area contributed by atoms with Crippen molar-refractivity contribution in [2.24, 2.45) is 10.7 Å². The first kappa shape index (κ1) is 8.31. The van der Waals surface area contributed by atoms with Gasteiger partial charge in [-0.3, -0.25) is 0 Å². The van der Waals surface area contributed by atoms with E-state index in [0.29, 0.717) is 28.4 Å². The average molecular weight is 194 g/mol. The Hall–Kier alpha value is -1.29. The third-order valence-electron chi connectivity index (χ3n) is 1.97. The summed E-state index contributed by atoms with van der Waals surface area (Å²) < 4.78 is 13.2. The molecule has 0 aliphatic carbocycles. The number of hydrogen-bond donors (Lipinski definition) is 1. The lowest BCUT2D eigenvalue weighted by atomic mass is 10.0. The number of nitrogens with two attached hydrogens (primary N) is 1. The number of halogens is 1. The van der Waals surface area contributed by atoms with Crippen molar-refractivity contribution in [3.8, 4) is 0 Å². The largest absolute Gasteiger partial charge is 0.383 e. The van der Waals surface area contributed by atoms with Gasteiger partial charge in [0, 0.05) is 17.5 Å². The Labute approximate surface area is 80.3 Å². The maximum absolute atomic E-state index is 13.2. The zero-order chi connectivity index (χ0) is 9.42. The van der Waals surface area contributed by atoms with Crippen LogP contribution in [-0.2, 0) is 6.42 Å². The van der Waals surface area contributed by atoms with Gasteiger partial charge >= 0.3 is 0 Å². The van der Waals surface area contributed by atoms with Crippen LogP contribution in [0, 0.1) is 5.82 Å². The molecule has 0 fully saturated rings. The fraction of sp³-hybridized carbons (Fsp3) is 0.111. The van der Waals surface area contributed by atoms with Crippen molar-refractivity contribution in [1.29, 1.82) is 0 Å². The highest BCUT2D eigenvalue weighted by atomic mass is 32.1. The molecule has 0 radical (unpaired) electrons. The highest BCUT2D eigenvalue weighted by molar-refractivity contribution is 7.80. The predicted octanol–water partition coefficient (Wildman–Crippen LogP) is 1.41. The molecule has 13 heavy (non-hydrogen) atoms. The summed E-state index contributed by atoms with van der Waals surface area (Å²) in [5, 5.41) is 0. The van der Waals surface area contributed by atoms with Crippen LogP contribution in [0.4, 0.5) is 4.39 Å². The molecule has 0 saturated heterocycles. The van der Waals surface area contributed by atoms with Gasteiger partial charge in [0.1, 0.15) is 16.6 Å². The number of rotatable bonds is 0. The SMILES string of the molecule is NC1=NC(=S)Cc2c(F)cccc21. The fourth-order valence-corrected chi connectivity index (χ4v) is 1.61. The minimum absolute atomic E-state index is 0.266. The van der Waals surface area contributed by atoms with Gasteiger partial charge in [0.2, 0.25) is 0 Å². The third-order valence-corrected chi connectivity index (χ3v) is 2.20. The lowest BCUT2D eigenvalue weighted by Crippen LogP contribution is -2.23. The first-order chi connectivity index (χ1) is 6.18. The van der Waals surface area contributed by atoms with Crippen molar-refractivity contribution in [3.05, 3.63) is 35.1 Å². The van der Waals surface area contributed by atoms with Gasteiger partial charge in [-0.05, 0) is 6.07 Å². The van der Waals surface area contributed by atoms with Crippen LogP contribution < -0.4 is 5.73 Å². The van der Waals surface area contributed by atoms with Crippen LogP contribution in [0.15, 0.2) is 23.2 Å². The first-order valence-corrected chi connectivity index (χ1v) is 4.24. The van der Waals surface area contributed by atoms with Gasteiger partial charge in [-0.2, -0.15) is 0 Å². The van der Waals surface area contributed by atoms with E-state index < -0.39 is 0 Å². The number of amidine groups is 1. The Bertz CT molecular complexity index is 412. The van der Waals surface area contributed by atoms with E-state index in [1.165, 1.54) is 6.07 Å². The zero-order valence-electron chi connectivity index (χ0n) is 6.75. The molecule has 0 atom stereocenters. The van der Waals surface area contributed by atoms with Crippen molar-refractivity contribution in [1.82, 2.24) is 0 Å². The highest BCUT2D eigenvalue weighted by Gasteiger charge is 2.17. The number of hydrogen-bond acceptors (Lipinski definition) is 2. The van der Waals surface area contributed by atoms with Gasteiger partial charge in [-0.1, -0.05) is 24.4 Å². The van der Waals surface area contributed by atoms with Gasteiger partial charge in [-0.15, -0.1) is 0 Å². The van der Waals surface area contributed by atoms with Gasteiger partial charge < -0.3 is 5.73 Å². The molecule has 0 aromatic heterocycles. The third kappa shape index (κ3) is 1.33. The smallest absolute Gasteiger partial charge is 0.132 e. The van der Waals surface area contributed by atoms with Gasteiger partial charge in [0.05, 0.1) is 0 Å². The van der Waals surface area contributed by atoms with Crippen molar-refractivity contribution >= 4 is 23.0 Å². The van der Waals surface area contributed by atoms with E-state index in [0.717, 1.165) is 0 Å². The van der Waals surface area contributed by atoms with E-state index in [1.807, 2.05) is 0 Å². The van der Waals surface area contributed by atoms with Crippen LogP contribution in [0.3, 0.4) is 0 Å². The second-order valence-corrected chi connectivity index (χ2v) is 3.30. The van der Waals surface area contributed by atoms with Gasteiger partial charge in [0.25, 0.3) is 0 Å². The average Bonchev–Trinajstić information content (AvgIpc) is 2.07. The summed E-state index contributed by atoms with van der Waals surface area (Å²) in [6, 6.07) is 4.77. The van der Waals surface area contributed by atoms with E-state index in [4.69, 9.17) is 18.0 Å². The fourth-order valence-electron chi connectivity index (χ4n) is 1.36. The summed E-state index contributed by atoms with van der Waals surface area (Å²) in [5.41, 5.74) is 6.82. The standard InChI is InChI=1S/C9H7FN2S/c10-7-3-1-2-5-6(7)4-8(13)12-9(5)11/h1-3H,4H2,(H2,11,12,13). The van der Waals surface area contributed by atoms with Crippen LogP contribution in [-0.4, -0.2) is 10.8 Å². The lowest BCUT2D eigenvalue weighted by molar-refractivity contribution is 0.615. The number of fused-ring (bicyclic) bond motifs is 1. The van der Waals surface area contributed by atoms with Crippen LogP contribution in [0.25, 0.3) is 0 Å². The maximum atomic E-state index is 13.2. The summed E-state index contributed by atoms with van der Waals surface area (Å²) in [4.78, 5) is 4.36. The van der Waals surface area contributed by atoms with Gasteiger partial charge in [-0.25, -0.2) is 9.38 Å². The van der Waals surface area contributed by atoms with Crippen molar-refractivity contribution in [2.75, 3.05) is 0 Å². The quantitative estimate of drug-likeness (QED) is 0.634. The first-order valence-electron chi connectivity index (χ1n) is 3.83. The van der Waals surface area contributed by atoms with Crippen LogP contribution in [0.1, 0.15) is 11.1 Å². The number of aliphatic imine (C=N–C) groups is 1. The summed E-state index contributed by atoms with van der Waals surface area (Å²) in [6.45, 7) is 0. The number of nitrogens with zero attached hydrogens (tertiary/aromatic N) is 1. The molecular weight excluding hydrogens is 187 g/mol. The molecule has 0 saturated carbocycles. The molecule has 1 aliphatic rings. The van der Waals surface area contributed by atoms with Crippen LogP contribution in [0.2, 0.25) is 0 Å². The normalized spacial score (nSPS) is 15.2. The molecule has 4 heteroatoms. The minimum atomic E-state index is -0.266. The van der Waals surface area contributed by atoms with E-state index in [2.05, 4.69) is 4.99 Å². The topological polar surface area (TPSA) is 38.4 Å². The Balaban J connectivity index is 2.66. The molecule has 1 aliphatic heterocycles. The second kappa shape index (κ2) is 2.88. The van der Waals surface area contributed by atoms with E-state index >= 15 is 0 Å². The van der Waals surface area contributed by atoms with Gasteiger partial charge in [0.15, 0.2) is 0 Å². The van der Waals surface area contributed by atoms with Crippen molar-refractivity contribution in [2.45, 2.75) is 6.42 Å². The molecule has 66 valence electrons. The molecule has 1 aromatic rings. The van der Waals surface area contributed by atoms with Crippen LogP contribution in [0.5, 0.6) is 0 Å². The molecule has 0 bridgehead atoms. The Morgan fingerprint density at radius 2 is 2.23 bits per heavy atom.